The standard InChI is InChI=1S/C13H14ClFO3/c14-9-6-7-10(11(15)8-9)12(16)4-2-1-3-5-13(17)18/h6-8H,1-5H2,(H,17,18). The number of benzene rings is 1. The van der Waals surface area contributed by atoms with Crippen molar-refractivity contribution in [2.24, 2.45) is 0 Å². The summed E-state index contributed by atoms with van der Waals surface area (Å²) in [4.78, 5) is 21.9. The second kappa shape index (κ2) is 7.11. The van der Waals surface area contributed by atoms with E-state index in [1.807, 2.05) is 0 Å². The smallest absolute Gasteiger partial charge is 0.303 e. The number of halogens is 2. The Morgan fingerprint density at radius 2 is 1.83 bits per heavy atom. The van der Waals surface area contributed by atoms with Crippen LogP contribution >= 0.6 is 11.6 Å². The summed E-state index contributed by atoms with van der Waals surface area (Å²) in [5, 5.41) is 8.69. The summed E-state index contributed by atoms with van der Waals surface area (Å²) < 4.78 is 13.4. The molecule has 0 radical (unpaired) electrons. The van der Waals surface area contributed by atoms with Crippen LogP contribution in [-0.4, -0.2) is 16.9 Å². The summed E-state index contributed by atoms with van der Waals surface area (Å²) in [5.41, 5.74) is 0.0395. The zero-order valence-electron chi connectivity index (χ0n) is 9.79. The molecule has 1 aromatic carbocycles. The summed E-state index contributed by atoms with van der Waals surface area (Å²) >= 11 is 5.59. The third kappa shape index (κ3) is 4.84. The molecule has 0 unspecified atom stereocenters. The van der Waals surface area contributed by atoms with E-state index >= 15 is 0 Å². The van der Waals surface area contributed by atoms with Crippen LogP contribution in [0.1, 0.15) is 42.5 Å². The highest BCUT2D eigenvalue weighted by atomic mass is 35.5. The Bertz CT molecular complexity index is 446. The normalized spacial score (nSPS) is 10.3. The minimum absolute atomic E-state index is 0.0395. The lowest BCUT2D eigenvalue weighted by molar-refractivity contribution is -0.137. The number of carbonyl (C=O) groups is 2. The Hall–Kier alpha value is -1.42. The van der Waals surface area contributed by atoms with Gasteiger partial charge in [-0.1, -0.05) is 18.0 Å². The van der Waals surface area contributed by atoms with Gasteiger partial charge in [-0.05, 0) is 31.0 Å². The molecule has 0 bridgehead atoms. The fourth-order valence-corrected chi connectivity index (χ4v) is 1.75. The Morgan fingerprint density at radius 3 is 2.44 bits per heavy atom. The van der Waals surface area contributed by atoms with Gasteiger partial charge in [-0.25, -0.2) is 4.39 Å². The minimum atomic E-state index is -0.843. The Kier molecular flexibility index (Phi) is 5.78. The van der Waals surface area contributed by atoms with Crippen LogP contribution in [0.5, 0.6) is 0 Å². The molecule has 3 nitrogen and oxygen atoms in total. The molecule has 0 fully saturated rings. The van der Waals surface area contributed by atoms with E-state index in [0.29, 0.717) is 19.3 Å². The van der Waals surface area contributed by atoms with Crippen molar-refractivity contribution in [1.29, 1.82) is 0 Å². The second-order valence-corrected chi connectivity index (χ2v) is 4.44. The van der Waals surface area contributed by atoms with E-state index in [0.717, 1.165) is 6.07 Å². The van der Waals surface area contributed by atoms with E-state index in [2.05, 4.69) is 0 Å². The quantitative estimate of drug-likeness (QED) is 0.608. The summed E-state index contributed by atoms with van der Waals surface area (Å²) in [6, 6.07) is 3.96. The first kappa shape index (κ1) is 14.6. The van der Waals surface area contributed by atoms with Crippen LogP contribution < -0.4 is 0 Å². The number of aliphatic carboxylic acids is 1. The number of hydrogen-bond acceptors (Lipinski definition) is 2. The molecule has 0 aliphatic carbocycles. The molecule has 0 saturated carbocycles. The van der Waals surface area contributed by atoms with Gasteiger partial charge in [-0.3, -0.25) is 9.59 Å². The zero-order chi connectivity index (χ0) is 13.5. The van der Waals surface area contributed by atoms with Crippen LogP contribution in [0.15, 0.2) is 18.2 Å². The molecular formula is C13H14ClFO3. The summed E-state index contributed by atoms with van der Waals surface area (Å²) in [5.74, 6) is -1.73. The van der Waals surface area contributed by atoms with Crippen molar-refractivity contribution in [1.82, 2.24) is 0 Å². The molecule has 0 saturated heterocycles. The highest BCUT2D eigenvalue weighted by Gasteiger charge is 2.11. The van der Waals surface area contributed by atoms with Crippen molar-refractivity contribution in [3.05, 3.63) is 34.6 Å². The second-order valence-electron chi connectivity index (χ2n) is 4.00. The van der Waals surface area contributed by atoms with E-state index in [1.165, 1.54) is 12.1 Å². The molecule has 0 spiro atoms. The molecule has 98 valence electrons. The molecule has 0 atom stereocenters. The average Bonchev–Trinajstić information content (AvgIpc) is 2.27. The maximum absolute atomic E-state index is 13.4. The monoisotopic (exact) mass is 272 g/mol. The van der Waals surface area contributed by atoms with Gasteiger partial charge in [0.25, 0.3) is 0 Å². The van der Waals surface area contributed by atoms with Crippen LogP contribution in [0.2, 0.25) is 5.02 Å². The van der Waals surface area contributed by atoms with Crippen molar-refractivity contribution >= 4 is 23.4 Å². The van der Waals surface area contributed by atoms with Gasteiger partial charge in [0.2, 0.25) is 0 Å². The van der Waals surface area contributed by atoms with Gasteiger partial charge in [-0.2, -0.15) is 0 Å². The number of rotatable bonds is 7. The van der Waals surface area contributed by atoms with Crippen LogP contribution in [0.4, 0.5) is 4.39 Å². The van der Waals surface area contributed by atoms with Crippen molar-refractivity contribution < 1.29 is 19.1 Å². The molecule has 0 heterocycles. The number of Topliss-reactive ketones (excluding diaryl/α,β-unsaturated/α-hetero) is 1. The van der Waals surface area contributed by atoms with Crippen molar-refractivity contribution in [2.45, 2.75) is 32.1 Å². The Morgan fingerprint density at radius 1 is 1.17 bits per heavy atom. The molecule has 1 aromatic rings. The van der Waals surface area contributed by atoms with E-state index in [1.54, 1.807) is 0 Å². The van der Waals surface area contributed by atoms with Gasteiger partial charge in [0.1, 0.15) is 5.82 Å². The third-order valence-electron chi connectivity index (χ3n) is 2.53. The van der Waals surface area contributed by atoms with E-state index in [9.17, 15) is 14.0 Å². The highest BCUT2D eigenvalue weighted by molar-refractivity contribution is 6.30. The first-order valence-electron chi connectivity index (χ1n) is 5.70. The molecule has 5 heteroatoms. The maximum Gasteiger partial charge on any atom is 0.303 e. The van der Waals surface area contributed by atoms with Gasteiger partial charge < -0.3 is 5.11 Å². The van der Waals surface area contributed by atoms with Crippen molar-refractivity contribution in [3.63, 3.8) is 0 Å². The number of carboxylic acids is 1. The SMILES string of the molecule is O=C(O)CCCCCC(=O)c1ccc(Cl)cc1F. The average molecular weight is 273 g/mol. The third-order valence-corrected chi connectivity index (χ3v) is 2.76. The first-order valence-corrected chi connectivity index (χ1v) is 6.08. The zero-order valence-corrected chi connectivity index (χ0v) is 10.5. The van der Waals surface area contributed by atoms with Gasteiger partial charge in [-0.15, -0.1) is 0 Å². The highest BCUT2D eigenvalue weighted by Crippen LogP contribution is 2.17. The number of ketones is 1. The number of hydrogen-bond donors (Lipinski definition) is 1. The molecule has 18 heavy (non-hydrogen) atoms. The molecule has 0 aliphatic rings. The van der Waals surface area contributed by atoms with Gasteiger partial charge in [0, 0.05) is 17.9 Å². The van der Waals surface area contributed by atoms with Crippen LogP contribution in [0.3, 0.4) is 0 Å². The van der Waals surface area contributed by atoms with Crippen molar-refractivity contribution in [3.8, 4) is 0 Å². The number of unbranched alkanes of at least 4 members (excludes halogenated alkanes) is 2. The predicted molar refractivity (Wildman–Crippen MR) is 66.5 cm³/mol. The van der Waals surface area contributed by atoms with E-state index in [4.69, 9.17) is 16.7 Å². The summed E-state index contributed by atoms with van der Waals surface area (Å²) in [7, 11) is 0. The Balaban J connectivity index is 2.39. The minimum Gasteiger partial charge on any atom is -0.481 e. The molecule has 1 N–H and O–H groups in total. The lowest BCUT2D eigenvalue weighted by Gasteiger charge is -2.03. The predicted octanol–water partition coefficient (Wildman–Crippen LogP) is 3.70. The van der Waals surface area contributed by atoms with Crippen LogP contribution in [0, 0.1) is 5.82 Å². The van der Waals surface area contributed by atoms with E-state index < -0.39 is 11.8 Å². The lowest BCUT2D eigenvalue weighted by atomic mass is 10.0. The van der Waals surface area contributed by atoms with Crippen molar-refractivity contribution in [2.75, 3.05) is 0 Å². The first-order chi connectivity index (χ1) is 8.50. The topological polar surface area (TPSA) is 54.4 Å². The van der Waals surface area contributed by atoms with Crippen LogP contribution in [0.25, 0.3) is 0 Å². The molecule has 1 rings (SSSR count). The summed E-state index contributed by atoms with van der Waals surface area (Å²) in [6.07, 6.45) is 2.06. The molecule has 0 amide bonds. The lowest BCUT2D eigenvalue weighted by Crippen LogP contribution is -2.02. The van der Waals surface area contributed by atoms with Gasteiger partial charge in [0.05, 0.1) is 5.56 Å². The molecular weight excluding hydrogens is 259 g/mol. The molecule has 0 aromatic heterocycles. The van der Waals surface area contributed by atoms with Gasteiger partial charge in [0.15, 0.2) is 5.78 Å². The number of carboxylic acid groups (broad SMARTS) is 1. The fourth-order valence-electron chi connectivity index (χ4n) is 1.59. The van der Waals surface area contributed by atoms with E-state index in [-0.39, 0.29) is 29.2 Å². The number of carbonyl (C=O) groups excluding carboxylic acids is 1. The maximum atomic E-state index is 13.4. The summed E-state index contributed by atoms with van der Waals surface area (Å²) in [6.45, 7) is 0. The molecule has 0 aliphatic heterocycles. The largest absolute Gasteiger partial charge is 0.481 e. The Labute approximate surface area is 110 Å². The fraction of sp³-hybridized carbons (Fsp3) is 0.385. The van der Waals surface area contributed by atoms with Crippen LogP contribution in [-0.2, 0) is 4.79 Å². The van der Waals surface area contributed by atoms with Gasteiger partial charge >= 0.3 is 5.97 Å².